The van der Waals surface area contributed by atoms with Crippen molar-refractivity contribution >= 4 is 34.3 Å². The van der Waals surface area contributed by atoms with Gasteiger partial charge in [0.15, 0.2) is 11.7 Å². The quantitative estimate of drug-likeness (QED) is 0.634. The van der Waals surface area contributed by atoms with Gasteiger partial charge in [-0.1, -0.05) is 24.3 Å². The van der Waals surface area contributed by atoms with Crippen LogP contribution >= 0.6 is 0 Å². The molecule has 6 nitrogen and oxygen atoms in total. The van der Waals surface area contributed by atoms with Gasteiger partial charge in [-0.3, -0.25) is 24.1 Å². The zero-order valence-corrected chi connectivity index (χ0v) is 13.2. The summed E-state index contributed by atoms with van der Waals surface area (Å²) in [5.74, 6) is -4.57. The molecule has 6 heteroatoms. The van der Waals surface area contributed by atoms with Crippen LogP contribution in [-0.4, -0.2) is 35.6 Å². The summed E-state index contributed by atoms with van der Waals surface area (Å²) in [6.07, 6.45) is 0. The number of imide groups is 1. The number of rotatable bonds is 3. The van der Waals surface area contributed by atoms with E-state index in [4.69, 9.17) is 0 Å². The van der Waals surface area contributed by atoms with Gasteiger partial charge in [-0.15, -0.1) is 0 Å². The number of carbonyl (C=O) groups is 4. The van der Waals surface area contributed by atoms with Gasteiger partial charge in [0.2, 0.25) is 0 Å². The molecular weight excluding hydrogens is 310 g/mol. The molecule has 2 amide bonds. The number of nitrogens with zero attached hydrogens (tertiary/aromatic N) is 1. The van der Waals surface area contributed by atoms with Gasteiger partial charge in [0.25, 0.3) is 11.8 Å². The van der Waals surface area contributed by atoms with E-state index < -0.39 is 29.5 Å². The van der Waals surface area contributed by atoms with Crippen molar-refractivity contribution in [3.8, 4) is 0 Å². The van der Waals surface area contributed by atoms with Crippen LogP contribution < -0.4 is 0 Å². The Labute approximate surface area is 138 Å². The first-order chi connectivity index (χ1) is 11.4. The SMILES string of the molecule is COC(=O)C(C(C)=O)C(=O)N1Cc2cc3ccccc3cc2C1=O. The minimum absolute atomic E-state index is 0.0403. The first-order valence-electron chi connectivity index (χ1n) is 7.39. The maximum absolute atomic E-state index is 12.6. The fourth-order valence-corrected chi connectivity index (χ4v) is 2.90. The summed E-state index contributed by atoms with van der Waals surface area (Å²) < 4.78 is 4.51. The number of amides is 2. The van der Waals surface area contributed by atoms with Crippen LogP contribution in [0.1, 0.15) is 22.8 Å². The molecule has 122 valence electrons. The van der Waals surface area contributed by atoms with Crippen molar-refractivity contribution in [1.29, 1.82) is 0 Å². The average molecular weight is 325 g/mol. The summed E-state index contributed by atoms with van der Waals surface area (Å²) in [7, 11) is 1.10. The van der Waals surface area contributed by atoms with Crippen molar-refractivity contribution in [2.24, 2.45) is 5.92 Å². The fraction of sp³-hybridized carbons (Fsp3) is 0.222. The molecule has 2 aromatic carbocycles. The van der Waals surface area contributed by atoms with Crippen LogP contribution in [0.4, 0.5) is 0 Å². The van der Waals surface area contributed by atoms with Crippen molar-refractivity contribution < 1.29 is 23.9 Å². The number of ketones is 1. The minimum atomic E-state index is -1.61. The van der Waals surface area contributed by atoms with Crippen molar-refractivity contribution in [2.75, 3.05) is 7.11 Å². The first kappa shape index (κ1) is 15.9. The summed E-state index contributed by atoms with van der Waals surface area (Å²) in [5.41, 5.74) is 1.11. The van der Waals surface area contributed by atoms with Crippen LogP contribution in [0.3, 0.4) is 0 Å². The lowest BCUT2D eigenvalue weighted by atomic mass is 10.0. The highest BCUT2D eigenvalue weighted by atomic mass is 16.5. The lowest BCUT2D eigenvalue weighted by Gasteiger charge is -2.18. The Kier molecular flexibility index (Phi) is 3.89. The lowest BCUT2D eigenvalue weighted by molar-refractivity contribution is -0.155. The molecule has 0 N–H and O–H groups in total. The summed E-state index contributed by atoms with van der Waals surface area (Å²) >= 11 is 0. The van der Waals surface area contributed by atoms with E-state index in [0.29, 0.717) is 11.1 Å². The molecule has 1 atom stereocenters. The molecule has 0 saturated heterocycles. The van der Waals surface area contributed by atoms with Crippen LogP contribution in [0.2, 0.25) is 0 Å². The Bertz CT molecular complexity index is 886. The number of ether oxygens (including phenoxy) is 1. The van der Waals surface area contributed by atoms with Gasteiger partial charge in [0.1, 0.15) is 0 Å². The van der Waals surface area contributed by atoms with Crippen LogP contribution in [0.5, 0.6) is 0 Å². The summed E-state index contributed by atoms with van der Waals surface area (Å²) in [6.45, 7) is 1.17. The van der Waals surface area contributed by atoms with Crippen LogP contribution in [-0.2, 0) is 25.7 Å². The highest BCUT2D eigenvalue weighted by Crippen LogP contribution is 2.29. The predicted molar refractivity (Wildman–Crippen MR) is 85.0 cm³/mol. The monoisotopic (exact) mass is 325 g/mol. The van der Waals surface area contributed by atoms with Crippen molar-refractivity contribution in [3.63, 3.8) is 0 Å². The van der Waals surface area contributed by atoms with Crippen molar-refractivity contribution in [3.05, 3.63) is 47.5 Å². The van der Waals surface area contributed by atoms with Crippen molar-refractivity contribution in [2.45, 2.75) is 13.5 Å². The summed E-state index contributed by atoms with van der Waals surface area (Å²) in [4.78, 5) is 49.4. The van der Waals surface area contributed by atoms with Crippen LogP contribution in [0.15, 0.2) is 36.4 Å². The van der Waals surface area contributed by atoms with E-state index in [-0.39, 0.29) is 6.54 Å². The molecule has 24 heavy (non-hydrogen) atoms. The Balaban J connectivity index is 1.98. The highest BCUT2D eigenvalue weighted by molar-refractivity contribution is 6.21. The molecule has 3 rings (SSSR count). The Hall–Kier alpha value is -3.02. The number of hydrogen-bond donors (Lipinski definition) is 0. The third-order valence-corrected chi connectivity index (χ3v) is 4.13. The molecule has 1 aliphatic heterocycles. The maximum Gasteiger partial charge on any atom is 0.325 e. The zero-order valence-electron chi connectivity index (χ0n) is 13.2. The molecule has 0 bridgehead atoms. The third-order valence-electron chi connectivity index (χ3n) is 4.13. The first-order valence-corrected chi connectivity index (χ1v) is 7.39. The smallest absolute Gasteiger partial charge is 0.325 e. The van der Waals surface area contributed by atoms with E-state index in [1.807, 2.05) is 30.3 Å². The van der Waals surface area contributed by atoms with Gasteiger partial charge >= 0.3 is 5.97 Å². The molecule has 0 aliphatic carbocycles. The van der Waals surface area contributed by atoms with E-state index in [0.717, 1.165) is 29.7 Å². The van der Waals surface area contributed by atoms with Gasteiger partial charge in [-0.2, -0.15) is 0 Å². The molecule has 2 aromatic rings. The predicted octanol–water partition coefficient (Wildman–Crippen LogP) is 1.70. The summed E-state index contributed by atoms with van der Waals surface area (Å²) in [6, 6.07) is 11.1. The fourth-order valence-electron chi connectivity index (χ4n) is 2.90. The van der Waals surface area contributed by atoms with Crippen molar-refractivity contribution in [1.82, 2.24) is 4.90 Å². The molecule has 1 heterocycles. The second-order valence-electron chi connectivity index (χ2n) is 5.65. The lowest BCUT2D eigenvalue weighted by Crippen LogP contribution is -2.43. The number of fused-ring (bicyclic) bond motifs is 2. The number of esters is 1. The molecule has 0 radical (unpaired) electrons. The topological polar surface area (TPSA) is 80.8 Å². The van der Waals surface area contributed by atoms with Gasteiger partial charge < -0.3 is 4.74 Å². The van der Waals surface area contributed by atoms with Crippen LogP contribution in [0, 0.1) is 5.92 Å². The average Bonchev–Trinajstić information content (AvgIpc) is 2.88. The molecular formula is C18H15NO5. The van der Waals surface area contributed by atoms with Gasteiger partial charge in [0.05, 0.1) is 13.7 Å². The molecule has 1 unspecified atom stereocenters. The molecule has 0 saturated carbocycles. The number of benzene rings is 2. The molecule has 0 spiro atoms. The van der Waals surface area contributed by atoms with E-state index in [9.17, 15) is 19.2 Å². The van der Waals surface area contributed by atoms with E-state index in [1.54, 1.807) is 6.07 Å². The largest absolute Gasteiger partial charge is 0.468 e. The standard InChI is InChI=1S/C18H15NO5/c1-10(20)15(18(23)24-2)17(22)19-9-13-7-11-5-3-4-6-12(11)8-14(13)16(19)21/h3-8,15H,9H2,1-2H3. The van der Waals surface area contributed by atoms with E-state index in [2.05, 4.69) is 4.74 Å². The van der Waals surface area contributed by atoms with Crippen LogP contribution in [0.25, 0.3) is 10.8 Å². The Morgan fingerprint density at radius 3 is 2.33 bits per heavy atom. The Morgan fingerprint density at radius 2 is 1.75 bits per heavy atom. The highest BCUT2D eigenvalue weighted by Gasteiger charge is 2.41. The second kappa shape index (κ2) is 5.88. The number of methoxy groups -OCH3 is 1. The second-order valence-corrected chi connectivity index (χ2v) is 5.65. The molecule has 0 aromatic heterocycles. The van der Waals surface area contributed by atoms with Gasteiger partial charge in [0, 0.05) is 5.56 Å². The molecule has 1 aliphatic rings. The minimum Gasteiger partial charge on any atom is -0.468 e. The van der Waals surface area contributed by atoms with E-state index in [1.165, 1.54) is 0 Å². The number of Topliss-reactive ketones (excluding diaryl/α,β-unsaturated/α-hetero) is 1. The number of carbonyl (C=O) groups excluding carboxylic acids is 4. The molecule has 0 fully saturated rings. The third kappa shape index (κ3) is 2.46. The van der Waals surface area contributed by atoms with E-state index >= 15 is 0 Å². The normalized spacial score (nSPS) is 14.4. The van der Waals surface area contributed by atoms with Gasteiger partial charge in [-0.25, -0.2) is 0 Å². The Morgan fingerprint density at radius 1 is 1.12 bits per heavy atom. The van der Waals surface area contributed by atoms with Gasteiger partial charge in [-0.05, 0) is 35.4 Å². The number of hydrogen-bond acceptors (Lipinski definition) is 5. The summed E-state index contributed by atoms with van der Waals surface area (Å²) in [5, 5.41) is 1.84. The maximum atomic E-state index is 12.6. The zero-order chi connectivity index (χ0) is 17.4.